The van der Waals surface area contributed by atoms with Crippen LogP contribution in [0.2, 0.25) is 0 Å². The Kier molecular flexibility index (Phi) is 19.5. The van der Waals surface area contributed by atoms with Gasteiger partial charge in [-0.3, -0.25) is 34.0 Å². The summed E-state index contributed by atoms with van der Waals surface area (Å²) in [6.45, 7) is 8.94. The van der Waals surface area contributed by atoms with Crippen molar-refractivity contribution < 1.29 is 52.4 Å². The van der Waals surface area contributed by atoms with Crippen molar-refractivity contribution in [3.8, 4) is 23.0 Å². The summed E-state index contributed by atoms with van der Waals surface area (Å²) in [6.07, 6.45) is 5.30. The van der Waals surface area contributed by atoms with Crippen LogP contribution in [0.3, 0.4) is 0 Å². The molecule has 0 saturated heterocycles. The second-order valence-electron chi connectivity index (χ2n) is 15.4. The lowest BCUT2D eigenvalue weighted by molar-refractivity contribution is -0.148. The number of guanidine groups is 1. The average molecular weight is 864 g/mol. The molecule has 0 unspecified atom stereocenters. The zero-order valence-corrected chi connectivity index (χ0v) is 37.0. The number of nitrogens with two attached hydrogens (primary N) is 3. The summed E-state index contributed by atoms with van der Waals surface area (Å²) < 4.78 is 34.0. The lowest BCUT2D eigenvalue weighted by atomic mass is 9.97. The van der Waals surface area contributed by atoms with Gasteiger partial charge < -0.3 is 50.4 Å². The number of fused-ring (bicyclic) bond motifs is 2. The SMILES string of the molecule is COC(=O)[C@H](CCCN=C(C)N)CC(=O)COc1cc2oc3cc(OCC(=O)C[C@@H](CCCN=C(N)N)C(=O)OC)c(OC)c(CC=C(C)C)c3c(=O)c2c(O)c1CC=C(C)C. The quantitative estimate of drug-likeness (QED) is 0.0214. The molecule has 3 rings (SSSR count). The molecule has 1 heterocycles. The van der Waals surface area contributed by atoms with Crippen LogP contribution >= 0.6 is 0 Å². The van der Waals surface area contributed by atoms with Gasteiger partial charge in [0.1, 0.15) is 41.3 Å². The first-order valence-electron chi connectivity index (χ1n) is 20.3. The normalized spacial score (nSPS) is 12.2. The Bertz CT molecular complexity index is 2280. The number of phenolic OH excluding ortho intramolecular Hbond substituents is 1. The van der Waals surface area contributed by atoms with Crippen molar-refractivity contribution in [3.05, 3.63) is 56.8 Å². The summed E-state index contributed by atoms with van der Waals surface area (Å²) >= 11 is 0. The molecule has 62 heavy (non-hydrogen) atoms. The minimum Gasteiger partial charge on any atom is -0.507 e. The number of rotatable bonds is 25. The summed E-state index contributed by atoms with van der Waals surface area (Å²) in [7, 11) is 3.89. The van der Waals surface area contributed by atoms with E-state index in [1.807, 2.05) is 39.8 Å². The molecule has 2 aromatic carbocycles. The molecule has 0 fully saturated rings. The monoisotopic (exact) mass is 863 g/mol. The van der Waals surface area contributed by atoms with Gasteiger partial charge in [0.15, 0.2) is 29.0 Å². The van der Waals surface area contributed by atoms with Crippen molar-refractivity contribution in [1.82, 2.24) is 0 Å². The number of hydrogen-bond donors (Lipinski definition) is 4. The van der Waals surface area contributed by atoms with Gasteiger partial charge in [-0.15, -0.1) is 0 Å². The van der Waals surface area contributed by atoms with Crippen LogP contribution in [0.25, 0.3) is 21.9 Å². The second kappa shape index (κ2) is 24.2. The standard InChI is InChI=1S/C45H61N5O12/c1-25(2)13-15-32-34(60-23-30(51)19-28(43(55)58-7)11-9-17-49-27(5)46)21-36-39(40(32)53)41(54)38-33(16-14-26(3)4)42(57-6)37(22-35(38)62-36)61-24-31(52)20-29(44(56)59-8)12-10-18-50-45(47)48/h13-14,21-22,28-29,53H,9-12,15-20,23-24H2,1-8H3,(H2,46,49)(H4,47,48,50)/t28-,29-/m1/s1. The van der Waals surface area contributed by atoms with Crippen LogP contribution in [0.5, 0.6) is 23.0 Å². The molecular weight excluding hydrogens is 803 g/mol. The van der Waals surface area contributed by atoms with Crippen LogP contribution in [0.15, 0.2) is 54.6 Å². The fourth-order valence-electron chi connectivity index (χ4n) is 6.73. The number of benzene rings is 2. The highest BCUT2D eigenvalue weighted by molar-refractivity contribution is 5.98. The van der Waals surface area contributed by atoms with Gasteiger partial charge >= 0.3 is 11.9 Å². The number of esters is 2. The van der Waals surface area contributed by atoms with Gasteiger partial charge in [0.05, 0.1) is 44.4 Å². The van der Waals surface area contributed by atoms with E-state index >= 15 is 0 Å². The van der Waals surface area contributed by atoms with Crippen LogP contribution in [0.1, 0.15) is 84.3 Å². The molecule has 0 aliphatic carbocycles. The largest absolute Gasteiger partial charge is 0.507 e. The molecule has 0 spiro atoms. The molecule has 3 aromatic rings. The molecule has 1 aromatic heterocycles. The van der Waals surface area contributed by atoms with E-state index in [4.69, 9.17) is 45.3 Å². The van der Waals surface area contributed by atoms with Gasteiger partial charge in [0, 0.05) is 49.2 Å². The highest BCUT2D eigenvalue weighted by Gasteiger charge is 2.28. The van der Waals surface area contributed by atoms with Crippen LogP contribution in [-0.2, 0) is 41.5 Å². The lowest BCUT2D eigenvalue weighted by Crippen LogP contribution is -2.24. The molecule has 0 bridgehead atoms. The van der Waals surface area contributed by atoms with Crippen LogP contribution in [0, 0.1) is 11.8 Å². The maximum absolute atomic E-state index is 14.6. The molecule has 0 aliphatic rings. The first-order chi connectivity index (χ1) is 29.4. The number of nitrogens with zero attached hydrogens (tertiary/aromatic N) is 2. The van der Waals surface area contributed by atoms with Gasteiger partial charge in [-0.1, -0.05) is 23.3 Å². The Labute approximate surface area is 361 Å². The average Bonchev–Trinajstić information content (AvgIpc) is 3.21. The Morgan fingerprint density at radius 2 is 1.21 bits per heavy atom. The van der Waals surface area contributed by atoms with E-state index in [9.17, 15) is 29.1 Å². The van der Waals surface area contributed by atoms with E-state index in [-0.39, 0.29) is 82.9 Å². The highest BCUT2D eigenvalue weighted by Crippen LogP contribution is 2.42. The van der Waals surface area contributed by atoms with Crippen molar-refractivity contribution in [2.24, 2.45) is 39.0 Å². The van der Waals surface area contributed by atoms with Crippen molar-refractivity contribution in [2.45, 2.75) is 86.0 Å². The first kappa shape index (κ1) is 50.0. The number of allylic oxidation sites excluding steroid dienone is 4. The predicted octanol–water partition coefficient (Wildman–Crippen LogP) is 5.14. The van der Waals surface area contributed by atoms with E-state index in [0.29, 0.717) is 43.6 Å². The van der Waals surface area contributed by atoms with E-state index in [2.05, 4.69) is 9.98 Å². The molecule has 17 nitrogen and oxygen atoms in total. The second-order valence-corrected chi connectivity index (χ2v) is 15.4. The Morgan fingerprint density at radius 1 is 0.726 bits per heavy atom. The molecular formula is C45H61N5O12. The molecule has 7 N–H and O–H groups in total. The molecule has 338 valence electrons. The summed E-state index contributed by atoms with van der Waals surface area (Å²) in [5, 5.41) is 11.8. The van der Waals surface area contributed by atoms with Crippen molar-refractivity contribution in [1.29, 1.82) is 0 Å². The number of methoxy groups -OCH3 is 3. The predicted molar refractivity (Wildman–Crippen MR) is 237 cm³/mol. The van der Waals surface area contributed by atoms with Crippen molar-refractivity contribution in [2.75, 3.05) is 47.6 Å². The maximum atomic E-state index is 14.6. The Hall–Kier alpha value is -6.39. The zero-order valence-electron chi connectivity index (χ0n) is 37.0. The number of hydrogen-bond acceptors (Lipinski definition) is 14. The van der Waals surface area contributed by atoms with Gasteiger partial charge in [0.2, 0.25) is 5.43 Å². The zero-order chi connectivity index (χ0) is 46.1. The lowest BCUT2D eigenvalue weighted by Gasteiger charge is -2.18. The third kappa shape index (κ3) is 14.4. The number of aliphatic imine (C=N–C) groups is 2. The summed E-state index contributed by atoms with van der Waals surface area (Å²) in [6, 6.07) is 2.86. The number of carbonyl (C=O) groups excluding carboxylic acids is 4. The minimum atomic E-state index is -0.761. The van der Waals surface area contributed by atoms with Crippen LogP contribution in [-0.4, -0.2) is 88.0 Å². The minimum absolute atomic E-state index is 0.0476. The summed E-state index contributed by atoms with van der Waals surface area (Å²) in [5.74, 6) is -3.11. The highest BCUT2D eigenvalue weighted by atomic mass is 16.5. The van der Waals surface area contributed by atoms with Gasteiger partial charge in [-0.2, -0.15) is 0 Å². The third-order valence-corrected chi connectivity index (χ3v) is 9.82. The van der Waals surface area contributed by atoms with Crippen LogP contribution in [0.4, 0.5) is 0 Å². The number of amidine groups is 1. The maximum Gasteiger partial charge on any atom is 0.309 e. The topological polar surface area (TPSA) is 268 Å². The molecule has 0 aliphatic heterocycles. The van der Waals surface area contributed by atoms with Gasteiger partial charge in [0.25, 0.3) is 0 Å². The molecule has 2 atom stereocenters. The fourth-order valence-corrected chi connectivity index (χ4v) is 6.73. The Balaban J connectivity index is 2.10. The smallest absolute Gasteiger partial charge is 0.309 e. The van der Waals surface area contributed by atoms with Crippen molar-refractivity contribution in [3.63, 3.8) is 0 Å². The van der Waals surface area contributed by atoms with E-state index in [0.717, 1.165) is 11.1 Å². The Morgan fingerprint density at radius 3 is 1.69 bits per heavy atom. The van der Waals surface area contributed by atoms with Crippen molar-refractivity contribution >= 4 is 57.2 Å². The number of Topliss-reactive ketones (excluding diaryl/α,β-unsaturated/α-hetero) is 2. The fraction of sp³-hybridized carbons (Fsp3) is 0.489. The third-order valence-electron chi connectivity index (χ3n) is 9.82. The van der Waals surface area contributed by atoms with E-state index in [1.165, 1.54) is 33.5 Å². The number of aromatic hydroxyl groups is 1. The van der Waals surface area contributed by atoms with Gasteiger partial charge in [-0.05, 0) is 73.1 Å². The molecule has 0 amide bonds. The molecule has 17 heteroatoms. The van der Waals surface area contributed by atoms with E-state index in [1.54, 1.807) is 6.92 Å². The van der Waals surface area contributed by atoms with E-state index < -0.39 is 59.7 Å². The van der Waals surface area contributed by atoms with Crippen LogP contribution < -0.4 is 36.8 Å². The molecule has 0 radical (unpaired) electrons. The summed E-state index contributed by atoms with van der Waals surface area (Å²) in [4.78, 5) is 74.2. The number of phenols is 1. The number of ketones is 2. The number of carbonyl (C=O) groups is 4. The van der Waals surface area contributed by atoms with Gasteiger partial charge in [-0.25, -0.2) is 0 Å². The summed E-state index contributed by atoms with van der Waals surface area (Å²) in [5.41, 5.74) is 18.4. The first-order valence-corrected chi connectivity index (χ1v) is 20.3. The molecule has 0 saturated carbocycles. The number of ether oxygens (including phenoxy) is 5.